The predicted octanol–water partition coefficient (Wildman–Crippen LogP) is 3.31. The van der Waals surface area contributed by atoms with Crippen LogP contribution in [0.4, 0.5) is 0 Å². The number of rotatable bonds is 14. The zero-order valence-electron chi connectivity index (χ0n) is 15.9. The molecule has 144 valence electrons. The minimum Gasteiger partial charge on any atom is -0.380 e. The maximum atomic E-state index is 11.9. The van der Waals surface area contributed by atoms with Gasteiger partial charge in [0.15, 0.2) is 0 Å². The third kappa shape index (κ3) is 13.4. The third-order valence-corrected chi connectivity index (χ3v) is 4.73. The zero-order chi connectivity index (χ0) is 18.6. The highest BCUT2D eigenvalue weighted by atomic mass is 32.1. The summed E-state index contributed by atoms with van der Waals surface area (Å²) in [6, 6.07) is 0. The van der Waals surface area contributed by atoms with E-state index in [0.29, 0.717) is 38.0 Å². The van der Waals surface area contributed by atoms with Gasteiger partial charge < -0.3 is 15.8 Å². The van der Waals surface area contributed by atoms with E-state index in [1.807, 2.05) is 0 Å². The number of carbonyl (C=O) groups is 1. The molecule has 0 aliphatic rings. The van der Waals surface area contributed by atoms with E-state index in [-0.39, 0.29) is 16.7 Å². The van der Waals surface area contributed by atoms with Gasteiger partial charge in [0.2, 0.25) is 5.91 Å². The highest BCUT2D eigenvalue weighted by molar-refractivity contribution is 7.81. The molecule has 1 unspecified atom stereocenters. The van der Waals surface area contributed by atoms with Gasteiger partial charge in [0.25, 0.3) is 0 Å². The lowest BCUT2D eigenvalue weighted by Crippen LogP contribution is -2.38. The molecule has 1 atom stereocenters. The summed E-state index contributed by atoms with van der Waals surface area (Å²) in [6.07, 6.45) is 4.60. The summed E-state index contributed by atoms with van der Waals surface area (Å²) in [4.78, 5) is 11.9. The Labute approximate surface area is 159 Å². The minimum atomic E-state index is -0.0803. The van der Waals surface area contributed by atoms with E-state index in [2.05, 4.69) is 58.3 Å². The maximum Gasteiger partial charge on any atom is 0.220 e. The summed E-state index contributed by atoms with van der Waals surface area (Å²) < 4.78 is 5.79. The summed E-state index contributed by atoms with van der Waals surface area (Å²) in [7, 11) is 0. The second-order valence-corrected chi connectivity index (χ2v) is 9.39. The molecule has 0 saturated heterocycles. The van der Waals surface area contributed by atoms with Crippen molar-refractivity contribution in [2.75, 3.05) is 32.1 Å². The zero-order valence-corrected chi connectivity index (χ0v) is 17.7. The lowest BCUT2D eigenvalue weighted by molar-refractivity contribution is -0.121. The largest absolute Gasteiger partial charge is 0.380 e. The lowest BCUT2D eigenvalue weighted by atomic mass is 9.93. The van der Waals surface area contributed by atoms with Crippen molar-refractivity contribution in [3.63, 3.8) is 0 Å². The number of unbranched alkanes of at least 4 members (excludes halogenated alkanes) is 1. The van der Waals surface area contributed by atoms with Gasteiger partial charge in [-0.3, -0.25) is 4.79 Å². The highest BCUT2D eigenvalue weighted by Gasteiger charge is 2.22. The van der Waals surface area contributed by atoms with E-state index in [1.165, 1.54) is 0 Å². The number of nitrogens with one attached hydrogen (secondary N) is 1. The van der Waals surface area contributed by atoms with Crippen LogP contribution in [0, 0.1) is 10.8 Å². The Morgan fingerprint density at radius 2 is 1.75 bits per heavy atom. The minimum absolute atomic E-state index is 0.00283. The van der Waals surface area contributed by atoms with Crippen molar-refractivity contribution in [2.45, 2.75) is 65.0 Å². The third-order valence-electron chi connectivity index (χ3n) is 3.96. The Morgan fingerprint density at radius 1 is 1.12 bits per heavy atom. The molecule has 6 heteroatoms. The fraction of sp³-hybridized carbons (Fsp3) is 0.944. The van der Waals surface area contributed by atoms with Crippen LogP contribution in [0.25, 0.3) is 0 Å². The van der Waals surface area contributed by atoms with Crippen molar-refractivity contribution in [2.24, 2.45) is 16.6 Å². The Morgan fingerprint density at radius 3 is 2.33 bits per heavy atom. The number of nitrogens with two attached hydrogens (primary N) is 1. The van der Waals surface area contributed by atoms with Gasteiger partial charge in [-0.05, 0) is 31.6 Å². The Balaban J connectivity index is 3.83. The second-order valence-electron chi connectivity index (χ2n) is 8.21. The van der Waals surface area contributed by atoms with Crippen LogP contribution < -0.4 is 11.1 Å². The number of carbonyl (C=O) groups excluding carboxylic acids is 1. The van der Waals surface area contributed by atoms with E-state index in [9.17, 15) is 4.79 Å². The molecule has 0 aromatic carbocycles. The average molecular weight is 379 g/mol. The molecule has 0 aliphatic carbocycles. The molecular formula is C18H38N2O2S2. The van der Waals surface area contributed by atoms with Crippen molar-refractivity contribution in [3.05, 3.63) is 0 Å². The van der Waals surface area contributed by atoms with Crippen molar-refractivity contribution >= 4 is 31.2 Å². The standard InChI is InChI=1S/C18H38N2O2S2/c1-17(2,11-19)13-22-14-18(3,4)12-20-16(21)8-6-5-7-15(24)9-10-23/h15,23-24H,5-14,19H2,1-4H3,(H,20,21). The normalized spacial score (nSPS) is 13.8. The van der Waals surface area contributed by atoms with Crippen LogP contribution in [-0.4, -0.2) is 43.2 Å². The van der Waals surface area contributed by atoms with Crippen LogP contribution in [0.15, 0.2) is 0 Å². The summed E-state index contributed by atoms with van der Waals surface area (Å²) in [6.45, 7) is 10.9. The van der Waals surface area contributed by atoms with Crippen LogP contribution in [0.2, 0.25) is 0 Å². The van der Waals surface area contributed by atoms with Gasteiger partial charge in [-0.2, -0.15) is 25.3 Å². The lowest BCUT2D eigenvalue weighted by Gasteiger charge is -2.28. The smallest absolute Gasteiger partial charge is 0.220 e. The van der Waals surface area contributed by atoms with Crippen LogP contribution in [-0.2, 0) is 9.53 Å². The Bertz CT molecular complexity index is 350. The molecule has 4 nitrogen and oxygen atoms in total. The van der Waals surface area contributed by atoms with Crippen LogP contribution >= 0.6 is 25.3 Å². The SMILES string of the molecule is CC(C)(CN)COCC(C)(C)CNC(=O)CCCCC(S)CCS. The van der Waals surface area contributed by atoms with Gasteiger partial charge in [-0.15, -0.1) is 0 Å². The molecule has 0 aliphatic heterocycles. The number of amides is 1. The van der Waals surface area contributed by atoms with E-state index < -0.39 is 0 Å². The Hall–Kier alpha value is 0.0900. The van der Waals surface area contributed by atoms with Crippen LogP contribution in [0.5, 0.6) is 0 Å². The first-order valence-corrected chi connectivity index (χ1v) is 10.1. The molecule has 24 heavy (non-hydrogen) atoms. The number of hydrogen-bond acceptors (Lipinski definition) is 5. The molecule has 0 aromatic heterocycles. The molecule has 0 bridgehead atoms. The molecule has 0 spiro atoms. The van der Waals surface area contributed by atoms with Crippen molar-refractivity contribution in [1.29, 1.82) is 0 Å². The molecular weight excluding hydrogens is 340 g/mol. The fourth-order valence-electron chi connectivity index (χ4n) is 2.10. The maximum absolute atomic E-state index is 11.9. The first-order valence-electron chi connectivity index (χ1n) is 8.95. The predicted molar refractivity (Wildman–Crippen MR) is 110 cm³/mol. The van der Waals surface area contributed by atoms with Gasteiger partial charge in [0.05, 0.1) is 13.2 Å². The first-order chi connectivity index (χ1) is 11.1. The van der Waals surface area contributed by atoms with Gasteiger partial charge in [-0.25, -0.2) is 0 Å². The molecule has 0 heterocycles. The molecule has 0 saturated carbocycles. The van der Waals surface area contributed by atoms with Crippen molar-refractivity contribution < 1.29 is 9.53 Å². The van der Waals surface area contributed by atoms with Gasteiger partial charge in [-0.1, -0.05) is 34.1 Å². The van der Waals surface area contributed by atoms with Gasteiger partial charge in [0.1, 0.15) is 0 Å². The van der Waals surface area contributed by atoms with Gasteiger partial charge >= 0.3 is 0 Å². The Kier molecular flexibility index (Phi) is 12.5. The fourth-order valence-corrected chi connectivity index (χ4v) is 2.93. The highest BCUT2D eigenvalue weighted by Crippen LogP contribution is 2.18. The number of thiol groups is 2. The monoisotopic (exact) mass is 378 g/mol. The van der Waals surface area contributed by atoms with Crippen LogP contribution in [0.3, 0.4) is 0 Å². The van der Waals surface area contributed by atoms with Gasteiger partial charge in [0, 0.05) is 29.0 Å². The summed E-state index contributed by atoms with van der Waals surface area (Å²) in [5, 5.41) is 3.43. The van der Waals surface area contributed by atoms with E-state index >= 15 is 0 Å². The number of hydrogen-bond donors (Lipinski definition) is 4. The topological polar surface area (TPSA) is 64.3 Å². The number of ether oxygens (including phenoxy) is 1. The quantitative estimate of drug-likeness (QED) is 0.277. The average Bonchev–Trinajstić information content (AvgIpc) is 2.49. The first kappa shape index (κ1) is 24.1. The summed E-state index contributed by atoms with van der Waals surface area (Å²) >= 11 is 8.71. The summed E-state index contributed by atoms with van der Waals surface area (Å²) in [5.74, 6) is 0.990. The summed E-state index contributed by atoms with van der Waals surface area (Å²) in [5.41, 5.74) is 5.62. The van der Waals surface area contributed by atoms with E-state index in [4.69, 9.17) is 10.5 Å². The molecule has 0 aromatic rings. The second kappa shape index (κ2) is 12.4. The molecule has 0 radical (unpaired) electrons. The molecule has 0 fully saturated rings. The molecule has 0 rings (SSSR count). The van der Waals surface area contributed by atoms with E-state index in [0.717, 1.165) is 31.4 Å². The van der Waals surface area contributed by atoms with E-state index in [1.54, 1.807) is 0 Å². The van der Waals surface area contributed by atoms with Crippen molar-refractivity contribution in [1.82, 2.24) is 5.32 Å². The molecule has 3 N–H and O–H groups in total. The van der Waals surface area contributed by atoms with Crippen LogP contribution in [0.1, 0.15) is 59.8 Å². The van der Waals surface area contributed by atoms with Crippen molar-refractivity contribution in [3.8, 4) is 0 Å². The molecule has 1 amide bonds.